The molecule has 0 aliphatic heterocycles. The fraction of sp³-hybridized carbons (Fsp3) is 0.100. The Hall–Kier alpha value is -2.74. The molecule has 3 rings (SSSR count). The van der Waals surface area contributed by atoms with Crippen molar-refractivity contribution in [3.8, 4) is 0 Å². The van der Waals surface area contributed by atoms with Crippen molar-refractivity contribution in [1.29, 1.82) is 0 Å². The van der Waals surface area contributed by atoms with E-state index in [-0.39, 0.29) is 0 Å². The first-order valence-electron chi connectivity index (χ1n) is 7.49. The minimum atomic E-state index is 0.795. The number of hydrogen-bond acceptors (Lipinski definition) is 2. The average Bonchev–Trinajstić information content (AvgIpc) is 2.57. The molecule has 0 saturated heterocycles. The highest BCUT2D eigenvalue weighted by Gasteiger charge is 2.08. The normalized spacial score (nSPS) is 10.4. The Kier molecular flexibility index (Phi) is 4.40. The average molecular weight is 288 g/mol. The molecule has 0 aromatic heterocycles. The van der Waals surface area contributed by atoms with Crippen molar-refractivity contribution in [3.05, 3.63) is 96.1 Å². The highest BCUT2D eigenvalue weighted by Crippen LogP contribution is 2.21. The molecule has 2 N–H and O–H groups in total. The minimum Gasteiger partial charge on any atom is -0.399 e. The molecule has 0 amide bonds. The third kappa shape index (κ3) is 3.67. The quantitative estimate of drug-likeness (QED) is 0.702. The van der Waals surface area contributed by atoms with Crippen molar-refractivity contribution in [1.82, 2.24) is 0 Å². The molecule has 0 atom stereocenters. The van der Waals surface area contributed by atoms with Crippen LogP contribution in [0.15, 0.2) is 84.9 Å². The Morgan fingerprint density at radius 2 is 1.05 bits per heavy atom. The molecule has 3 aromatic rings. The molecular weight excluding hydrogens is 268 g/mol. The number of rotatable bonds is 5. The lowest BCUT2D eigenvalue weighted by atomic mass is 10.1. The first-order chi connectivity index (χ1) is 10.8. The molecule has 0 aliphatic rings. The van der Waals surface area contributed by atoms with E-state index in [1.165, 1.54) is 16.8 Å². The van der Waals surface area contributed by atoms with Crippen LogP contribution in [0.1, 0.15) is 11.1 Å². The highest BCUT2D eigenvalue weighted by atomic mass is 15.1. The summed E-state index contributed by atoms with van der Waals surface area (Å²) in [6, 6.07) is 29.2. The molecule has 2 nitrogen and oxygen atoms in total. The van der Waals surface area contributed by atoms with Crippen LogP contribution in [-0.2, 0) is 13.1 Å². The second-order valence-corrected chi connectivity index (χ2v) is 5.42. The third-order valence-electron chi connectivity index (χ3n) is 3.69. The Morgan fingerprint density at radius 1 is 0.591 bits per heavy atom. The highest BCUT2D eigenvalue weighted by molar-refractivity contribution is 5.53. The van der Waals surface area contributed by atoms with E-state index in [0.29, 0.717) is 0 Å². The largest absolute Gasteiger partial charge is 0.399 e. The lowest BCUT2D eigenvalue weighted by Gasteiger charge is -2.25. The van der Waals surface area contributed by atoms with Crippen molar-refractivity contribution < 1.29 is 0 Å². The van der Waals surface area contributed by atoms with Crippen molar-refractivity contribution in [3.63, 3.8) is 0 Å². The lowest BCUT2D eigenvalue weighted by Crippen LogP contribution is -2.22. The first kappa shape index (κ1) is 14.2. The van der Waals surface area contributed by atoms with Gasteiger partial charge in [0.1, 0.15) is 0 Å². The van der Waals surface area contributed by atoms with Crippen LogP contribution in [0.25, 0.3) is 0 Å². The summed E-state index contributed by atoms with van der Waals surface area (Å²) in [7, 11) is 0. The Balaban J connectivity index is 1.86. The maximum atomic E-state index is 5.81. The minimum absolute atomic E-state index is 0.795. The van der Waals surface area contributed by atoms with E-state index in [1.807, 2.05) is 24.3 Å². The molecule has 3 aromatic carbocycles. The number of nitrogens with two attached hydrogens (primary N) is 1. The number of benzene rings is 3. The first-order valence-corrected chi connectivity index (χ1v) is 7.49. The van der Waals surface area contributed by atoms with Crippen LogP contribution in [-0.4, -0.2) is 0 Å². The van der Waals surface area contributed by atoms with Gasteiger partial charge in [-0.2, -0.15) is 0 Å². The summed E-state index contributed by atoms with van der Waals surface area (Å²) in [5.41, 5.74) is 10.4. The maximum Gasteiger partial charge on any atom is 0.0433 e. The van der Waals surface area contributed by atoms with E-state index < -0.39 is 0 Å². The second-order valence-electron chi connectivity index (χ2n) is 5.42. The van der Waals surface area contributed by atoms with E-state index in [1.54, 1.807) is 0 Å². The summed E-state index contributed by atoms with van der Waals surface area (Å²) in [6.45, 7) is 1.75. The van der Waals surface area contributed by atoms with Gasteiger partial charge in [-0.3, -0.25) is 0 Å². The number of hydrogen-bond donors (Lipinski definition) is 1. The van der Waals surface area contributed by atoms with Crippen molar-refractivity contribution in [2.24, 2.45) is 0 Å². The Morgan fingerprint density at radius 3 is 1.50 bits per heavy atom. The fourth-order valence-electron chi connectivity index (χ4n) is 2.53. The van der Waals surface area contributed by atoms with Crippen LogP contribution in [0.4, 0.5) is 11.4 Å². The van der Waals surface area contributed by atoms with Crippen LogP contribution in [0.2, 0.25) is 0 Å². The zero-order valence-corrected chi connectivity index (χ0v) is 12.5. The number of anilines is 2. The van der Waals surface area contributed by atoms with Gasteiger partial charge in [0.15, 0.2) is 0 Å². The van der Waals surface area contributed by atoms with Gasteiger partial charge >= 0.3 is 0 Å². The van der Waals surface area contributed by atoms with Gasteiger partial charge in [0.25, 0.3) is 0 Å². The maximum absolute atomic E-state index is 5.81. The van der Waals surface area contributed by atoms with Gasteiger partial charge < -0.3 is 10.6 Å². The van der Waals surface area contributed by atoms with Crippen molar-refractivity contribution >= 4 is 11.4 Å². The molecule has 0 fully saturated rings. The molecule has 0 spiro atoms. The zero-order valence-electron chi connectivity index (χ0n) is 12.5. The summed E-state index contributed by atoms with van der Waals surface area (Å²) < 4.78 is 0. The zero-order chi connectivity index (χ0) is 15.2. The second kappa shape index (κ2) is 6.81. The van der Waals surface area contributed by atoms with Gasteiger partial charge in [-0.15, -0.1) is 0 Å². The summed E-state index contributed by atoms with van der Waals surface area (Å²) in [5.74, 6) is 0. The monoisotopic (exact) mass is 288 g/mol. The SMILES string of the molecule is Nc1ccc(N(Cc2ccccc2)Cc2ccccc2)cc1. The third-order valence-corrected chi connectivity index (χ3v) is 3.69. The summed E-state index contributed by atoms with van der Waals surface area (Å²) >= 11 is 0. The molecule has 0 heterocycles. The fourth-order valence-corrected chi connectivity index (χ4v) is 2.53. The van der Waals surface area contributed by atoms with Gasteiger partial charge in [0.05, 0.1) is 0 Å². The Bertz CT molecular complexity index is 649. The van der Waals surface area contributed by atoms with Gasteiger partial charge in [-0.05, 0) is 35.4 Å². The lowest BCUT2D eigenvalue weighted by molar-refractivity contribution is 0.800. The molecule has 0 unspecified atom stereocenters. The van der Waals surface area contributed by atoms with Crippen molar-refractivity contribution in [2.75, 3.05) is 10.6 Å². The Labute approximate surface area is 131 Å². The van der Waals surface area contributed by atoms with Crippen LogP contribution in [0.5, 0.6) is 0 Å². The van der Waals surface area contributed by atoms with E-state index in [0.717, 1.165) is 18.8 Å². The number of nitrogen functional groups attached to an aromatic ring is 1. The number of nitrogens with zero attached hydrogens (tertiary/aromatic N) is 1. The van der Waals surface area contributed by atoms with Gasteiger partial charge in [-0.25, -0.2) is 0 Å². The predicted octanol–water partition coefficient (Wildman–Crippen LogP) is 4.48. The van der Waals surface area contributed by atoms with E-state index in [9.17, 15) is 0 Å². The molecule has 0 radical (unpaired) electrons. The van der Waals surface area contributed by atoms with Gasteiger partial charge in [-0.1, -0.05) is 60.7 Å². The van der Waals surface area contributed by atoms with Crippen LogP contribution in [0.3, 0.4) is 0 Å². The molecule has 22 heavy (non-hydrogen) atoms. The van der Waals surface area contributed by atoms with Crippen LogP contribution < -0.4 is 10.6 Å². The molecule has 0 bridgehead atoms. The smallest absolute Gasteiger partial charge is 0.0433 e. The van der Waals surface area contributed by atoms with E-state index in [4.69, 9.17) is 5.73 Å². The predicted molar refractivity (Wildman–Crippen MR) is 93.6 cm³/mol. The van der Waals surface area contributed by atoms with Gasteiger partial charge in [0, 0.05) is 24.5 Å². The van der Waals surface area contributed by atoms with E-state index in [2.05, 4.69) is 65.6 Å². The van der Waals surface area contributed by atoms with Gasteiger partial charge in [0.2, 0.25) is 0 Å². The van der Waals surface area contributed by atoms with Crippen molar-refractivity contribution in [2.45, 2.75) is 13.1 Å². The van der Waals surface area contributed by atoms with Crippen LogP contribution >= 0.6 is 0 Å². The van der Waals surface area contributed by atoms with Crippen LogP contribution in [0, 0.1) is 0 Å². The molecule has 0 saturated carbocycles. The topological polar surface area (TPSA) is 29.3 Å². The molecule has 0 aliphatic carbocycles. The summed E-state index contributed by atoms with van der Waals surface area (Å²) in [6.07, 6.45) is 0. The summed E-state index contributed by atoms with van der Waals surface area (Å²) in [5, 5.41) is 0. The standard InChI is InChI=1S/C20H20N2/c21-19-11-13-20(14-12-19)22(15-17-7-3-1-4-8-17)16-18-9-5-2-6-10-18/h1-14H,15-16,21H2. The molecule has 110 valence electrons. The molecule has 2 heteroatoms. The summed E-state index contributed by atoms with van der Waals surface area (Å²) in [4.78, 5) is 2.37. The molecular formula is C20H20N2. The van der Waals surface area contributed by atoms with E-state index >= 15 is 0 Å².